The molecule has 1 aliphatic carbocycles. The van der Waals surface area contributed by atoms with Gasteiger partial charge in [-0.1, -0.05) is 0 Å². The zero-order valence-corrected chi connectivity index (χ0v) is 14.4. The summed E-state index contributed by atoms with van der Waals surface area (Å²) in [5.41, 5.74) is -0.318. The molecule has 2 aromatic rings. The summed E-state index contributed by atoms with van der Waals surface area (Å²) >= 11 is 1.06. The van der Waals surface area contributed by atoms with Crippen LogP contribution < -0.4 is 0 Å². The Hall–Kier alpha value is -2.13. The first-order chi connectivity index (χ1) is 12.4. The summed E-state index contributed by atoms with van der Waals surface area (Å²) in [4.78, 5) is 18.4. The summed E-state index contributed by atoms with van der Waals surface area (Å²) in [6.07, 6.45) is 3.72. The molecule has 4 rings (SSSR count). The molecule has 1 amide bonds. The highest BCUT2D eigenvalue weighted by Crippen LogP contribution is 2.37. The van der Waals surface area contributed by atoms with Crippen molar-refractivity contribution in [3.05, 3.63) is 34.6 Å². The van der Waals surface area contributed by atoms with Crippen LogP contribution in [0.1, 0.15) is 17.7 Å². The summed E-state index contributed by atoms with van der Waals surface area (Å²) in [5.74, 6) is -5.25. The molecule has 1 atom stereocenters. The van der Waals surface area contributed by atoms with Crippen molar-refractivity contribution in [3.63, 3.8) is 0 Å². The molecule has 2 aliphatic rings. The largest absolute Gasteiger partial charge is 0.503 e. The van der Waals surface area contributed by atoms with Gasteiger partial charge < -0.3 is 14.7 Å². The first-order valence-corrected chi connectivity index (χ1v) is 8.96. The van der Waals surface area contributed by atoms with Crippen LogP contribution in [0.15, 0.2) is 12.3 Å². The number of hydrogen-bond donors (Lipinski definition) is 1. The van der Waals surface area contributed by atoms with E-state index in [0.717, 1.165) is 24.2 Å². The first kappa shape index (κ1) is 17.3. The van der Waals surface area contributed by atoms with E-state index in [9.17, 15) is 23.1 Å². The lowest BCUT2D eigenvalue weighted by Crippen LogP contribution is -2.46. The van der Waals surface area contributed by atoms with E-state index in [1.807, 2.05) is 0 Å². The van der Waals surface area contributed by atoms with Gasteiger partial charge in [-0.3, -0.25) is 4.79 Å². The van der Waals surface area contributed by atoms with E-state index in [0.29, 0.717) is 30.0 Å². The van der Waals surface area contributed by atoms with Crippen molar-refractivity contribution in [3.8, 4) is 16.3 Å². The third-order valence-corrected chi connectivity index (χ3v) is 5.60. The zero-order valence-electron chi connectivity index (χ0n) is 13.5. The lowest BCUT2D eigenvalue weighted by Gasteiger charge is -2.32. The van der Waals surface area contributed by atoms with E-state index < -0.39 is 23.2 Å². The third-order valence-electron chi connectivity index (χ3n) is 4.59. The molecular weight excluding hydrogens is 369 g/mol. The molecule has 9 heteroatoms. The molecule has 2 heterocycles. The number of aromatic nitrogens is 1. The van der Waals surface area contributed by atoms with Crippen molar-refractivity contribution >= 4 is 17.2 Å². The molecule has 0 bridgehead atoms. The molecule has 1 N–H and O–H groups in total. The fourth-order valence-corrected chi connectivity index (χ4v) is 3.92. The zero-order chi connectivity index (χ0) is 18.4. The lowest BCUT2D eigenvalue weighted by molar-refractivity contribution is -0.150. The van der Waals surface area contributed by atoms with Crippen molar-refractivity contribution in [2.45, 2.75) is 25.5 Å². The van der Waals surface area contributed by atoms with E-state index in [1.165, 1.54) is 6.20 Å². The van der Waals surface area contributed by atoms with Crippen molar-refractivity contribution < 1.29 is 27.8 Å². The van der Waals surface area contributed by atoms with Gasteiger partial charge in [-0.2, -0.15) is 4.39 Å². The number of nitrogens with zero attached hydrogens (tertiary/aromatic N) is 2. The fraction of sp³-hybridized carbons (Fsp3) is 0.412. The van der Waals surface area contributed by atoms with Crippen LogP contribution in [0, 0.1) is 23.4 Å². The van der Waals surface area contributed by atoms with Crippen molar-refractivity contribution in [1.29, 1.82) is 0 Å². The smallest absolute Gasteiger partial charge is 0.249 e. The second kappa shape index (κ2) is 6.55. The molecule has 5 nitrogen and oxygen atoms in total. The quantitative estimate of drug-likeness (QED) is 0.823. The molecule has 138 valence electrons. The molecular formula is C17H15F3N2O3S. The number of amides is 1. The number of aromatic hydroxyl groups is 1. The number of carbonyl (C=O) groups is 1. The maximum absolute atomic E-state index is 14.0. The number of halogens is 3. The van der Waals surface area contributed by atoms with Crippen LogP contribution in [0.25, 0.3) is 10.6 Å². The topological polar surface area (TPSA) is 62.7 Å². The van der Waals surface area contributed by atoms with Gasteiger partial charge in [0, 0.05) is 17.6 Å². The molecule has 26 heavy (non-hydrogen) atoms. The van der Waals surface area contributed by atoms with Crippen molar-refractivity contribution in [2.24, 2.45) is 5.92 Å². The van der Waals surface area contributed by atoms with E-state index in [1.54, 1.807) is 4.90 Å². The Morgan fingerprint density at radius 1 is 1.31 bits per heavy atom. The van der Waals surface area contributed by atoms with Gasteiger partial charge in [0.2, 0.25) is 11.7 Å². The Balaban J connectivity index is 1.54. The maximum Gasteiger partial charge on any atom is 0.249 e. The minimum Gasteiger partial charge on any atom is -0.503 e. The number of morpholine rings is 1. The Bertz CT molecular complexity index is 869. The van der Waals surface area contributed by atoms with Crippen LogP contribution in [0.5, 0.6) is 5.75 Å². The second-order valence-corrected chi connectivity index (χ2v) is 7.59. The normalized spacial score (nSPS) is 20.7. The first-order valence-electron chi connectivity index (χ1n) is 8.15. The lowest BCUT2D eigenvalue weighted by atomic mass is 10.2. The Morgan fingerprint density at radius 2 is 2.08 bits per heavy atom. The van der Waals surface area contributed by atoms with Crippen LogP contribution in [0.2, 0.25) is 0 Å². The number of hydrogen-bond acceptors (Lipinski definition) is 5. The van der Waals surface area contributed by atoms with Crippen molar-refractivity contribution in [1.82, 2.24) is 9.88 Å². The van der Waals surface area contributed by atoms with Crippen LogP contribution in [-0.4, -0.2) is 40.2 Å². The minimum absolute atomic E-state index is 0.0402. The molecule has 0 spiro atoms. The van der Waals surface area contributed by atoms with Crippen LogP contribution in [0.4, 0.5) is 13.2 Å². The number of phenolic OH excluding ortho intramolecular Hbond substituents is 1. The number of carbonyl (C=O) groups excluding carboxylic acids is 1. The molecule has 1 aromatic heterocycles. The number of thiazole rings is 1. The maximum atomic E-state index is 14.0. The van der Waals surface area contributed by atoms with Gasteiger partial charge in [0.15, 0.2) is 17.4 Å². The number of benzene rings is 1. The molecule has 1 aliphatic heterocycles. The summed E-state index contributed by atoms with van der Waals surface area (Å²) in [7, 11) is 0. The molecule has 0 radical (unpaired) electrons. The summed E-state index contributed by atoms with van der Waals surface area (Å²) in [6.45, 7) is 0.829. The summed E-state index contributed by atoms with van der Waals surface area (Å²) < 4.78 is 46.3. The highest BCUT2D eigenvalue weighted by molar-refractivity contribution is 7.15. The van der Waals surface area contributed by atoms with Gasteiger partial charge in [0.1, 0.15) is 11.6 Å². The van der Waals surface area contributed by atoms with E-state index in [2.05, 4.69) is 4.98 Å². The number of phenols is 1. The van der Waals surface area contributed by atoms with E-state index in [4.69, 9.17) is 4.74 Å². The van der Waals surface area contributed by atoms with E-state index >= 15 is 0 Å². The Kier molecular flexibility index (Phi) is 4.36. The van der Waals surface area contributed by atoms with Gasteiger partial charge in [-0.05, 0) is 24.8 Å². The predicted molar refractivity (Wildman–Crippen MR) is 87.0 cm³/mol. The average Bonchev–Trinajstić information content (AvgIpc) is 3.38. The van der Waals surface area contributed by atoms with Gasteiger partial charge >= 0.3 is 0 Å². The SMILES string of the molecule is O=C1COC(C2CC2)CN1Cc1cnc(-c2cc(F)c(F)c(O)c2F)s1. The standard InChI is InChI=1S/C17H15F3N2O3S/c18-11-3-10(14(19)16(24)15(11)20)17-21-4-9(26-17)5-22-6-12(8-1-2-8)25-7-13(22)23/h3-4,8,12,24H,1-2,5-7H2. The molecule has 1 unspecified atom stereocenters. The predicted octanol–water partition coefficient (Wildman–Crippen LogP) is 3.07. The minimum atomic E-state index is -1.63. The number of ether oxygens (including phenoxy) is 1. The fourth-order valence-electron chi connectivity index (χ4n) is 2.99. The third kappa shape index (κ3) is 3.16. The second-order valence-electron chi connectivity index (χ2n) is 6.48. The highest BCUT2D eigenvalue weighted by atomic mass is 32.1. The average molecular weight is 384 g/mol. The monoisotopic (exact) mass is 384 g/mol. The summed E-state index contributed by atoms with van der Waals surface area (Å²) in [6, 6.07) is 0.663. The molecule has 1 saturated carbocycles. The summed E-state index contributed by atoms with van der Waals surface area (Å²) in [5, 5.41) is 9.44. The number of rotatable bonds is 4. The highest BCUT2D eigenvalue weighted by Gasteiger charge is 2.37. The van der Waals surface area contributed by atoms with E-state index in [-0.39, 0.29) is 29.2 Å². The van der Waals surface area contributed by atoms with Crippen LogP contribution in [0.3, 0.4) is 0 Å². The van der Waals surface area contributed by atoms with Crippen molar-refractivity contribution in [2.75, 3.05) is 13.2 Å². The molecule has 1 aromatic carbocycles. The molecule has 2 fully saturated rings. The van der Waals surface area contributed by atoms with Gasteiger partial charge in [0.05, 0.1) is 18.2 Å². The van der Waals surface area contributed by atoms with Gasteiger partial charge in [-0.25, -0.2) is 13.8 Å². The van der Waals surface area contributed by atoms with Gasteiger partial charge in [0.25, 0.3) is 0 Å². The van der Waals surface area contributed by atoms with Crippen LogP contribution in [-0.2, 0) is 16.1 Å². The Morgan fingerprint density at radius 3 is 2.81 bits per heavy atom. The van der Waals surface area contributed by atoms with Gasteiger partial charge in [-0.15, -0.1) is 11.3 Å². The molecule has 1 saturated heterocycles. The van der Waals surface area contributed by atoms with Crippen LogP contribution >= 0.6 is 11.3 Å². The Labute approximate surface area is 151 Å².